The van der Waals surface area contributed by atoms with Crippen molar-refractivity contribution >= 4 is 40.9 Å². The third-order valence-corrected chi connectivity index (χ3v) is 6.62. The van der Waals surface area contributed by atoms with E-state index in [9.17, 15) is 18.4 Å². The first-order chi connectivity index (χ1) is 18.9. The highest BCUT2D eigenvalue weighted by Crippen LogP contribution is 2.30. The molecule has 0 atom stereocenters. The largest absolute Gasteiger partial charge is 0.457 e. The number of piperazine rings is 1. The van der Waals surface area contributed by atoms with Gasteiger partial charge in [0.05, 0.1) is 16.9 Å². The molecule has 1 fully saturated rings. The van der Waals surface area contributed by atoms with E-state index < -0.39 is 5.82 Å². The van der Waals surface area contributed by atoms with Crippen LogP contribution < -0.4 is 10.2 Å². The van der Waals surface area contributed by atoms with Crippen molar-refractivity contribution in [2.75, 3.05) is 36.4 Å². The van der Waals surface area contributed by atoms with Crippen LogP contribution >= 0.6 is 11.6 Å². The molecule has 6 nitrogen and oxygen atoms in total. The number of furan rings is 1. The molecule has 1 aromatic heterocycles. The van der Waals surface area contributed by atoms with Crippen molar-refractivity contribution in [1.29, 1.82) is 0 Å². The molecule has 0 spiro atoms. The number of anilines is 2. The number of hydrogen-bond donors (Lipinski definition) is 1. The van der Waals surface area contributed by atoms with Gasteiger partial charge in [0.25, 0.3) is 5.91 Å². The van der Waals surface area contributed by atoms with Crippen LogP contribution in [0.4, 0.5) is 20.2 Å². The van der Waals surface area contributed by atoms with Crippen LogP contribution in [0.3, 0.4) is 0 Å². The summed E-state index contributed by atoms with van der Waals surface area (Å²) in [5, 5.41) is 3.33. The fourth-order valence-corrected chi connectivity index (χ4v) is 4.56. The van der Waals surface area contributed by atoms with Crippen LogP contribution in [-0.4, -0.2) is 42.9 Å². The first kappa shape index (κ1) is 26.2. The van der Waals surface area contributed by atoms with Gasteiger partial charge in [0, 0.05) is 42.8 Å². The number of nitrogens with one attached hydrogen (secondary N) is 1. The van der Waals surface area contributed by atoms with E-state index in [4.69, 9.17) is 16.0 Å². The maximum absolute atomic E-state index is 14.1. The molecular formula is C30H24ClF2N3O3. The van der Waals surface area contributed by atoms with Crippen molar-refractivity contribution in [3.8, 4) is 11.3 Å². The van der Waals surface area contributed by atoms with Crippen molar-refractivity contribution < 1.29 is 22.8 Å². The van der Waals surface area contributed by atoms with Gasteiger partial charge < -0.3 is 19.5 Å². The van der Waals surface area contributed by atoms with Gasteiger partial charge in [-0.1, -0.05) is 23.7 Å². The Hall–Kier alpha value is -4.43. The number of carbonyl (C=O) groups is 2. The Bertz CT molecular complexity index is 1530. The molecule has 198 valence electrons. The molecule has 2 heterocycles. The molecular weight excluding hydrogens is 524 g/mol. The summed E-state index contributed by atoms with van der Waals surface area (Å²) in [4.78, 5) is 29.2. The van der Waals surface area contributed by atoms with E-state index in [2.05, 4.69) is 5.32 Å². The van der Waals surface area contributed by atoms with E-state index in [0.29, 0.717) is 48.4 Å². The summed E-state index contributed by atoms with van der Waals surface area (Å²) in [6, 6.07) is 20.6. The van der Waals surface area contributed by atoms with E-state index >= 15 is 0 Å². The summed E-state index contributed by atoms with van der Waals surface area (Å²) in [6.45, 7) is 1.80. The zero-order chi connectivity index (χ0) is 27.4. The van der Waals surface area contributed by atoms with Gasteiger partial charge in [-0.2, -0.15) is 0 Å². The number of amides is 2. The molecule has 1 aliphatic rings. The predicted molar refractivity (Wildman–Crippen MR) is 148 cm³/mol. The average molecular weight is 548 g/mol. The highest BCUT2D eigenvalue weighted by atomic mass is 35.5. The van der Waals surface area contributed by atoms with Crippen molar-refractivity contribution in [2.24, 2.45) is 0 Å². The number of nitrogens with zero attached hydrogens (tertiary/aromatic N) is 2. The Kier molecular flexibility index (Phi) is 7.74. The number of carbonyl (C=O) groups excluding carboxylic acids is 2. The normalized spacial score (nSPS) is 13.6. The van der Waals surface area contributed by atoms with Crippen LogP contribution in [0.5, 0.6) is 0 Å². The van der Waals surface area contributed by atoms with E-state index in [1.807, 2.05) is 11.0 Å². The summed E-state index contributed by atoms with van der Waals surface area (Å²) in [6.07, 6.45) is 2.89. The predicted octanol–water partition coefficient (Wildman–Crippen LogP) is 6.49. The minimum absolute atomic E-state index is 0.0542. The lowest BCUT2D eigenvalue weighted by atomic mass is 10.1. The molecule has 39 heavy (non-hydrogen) atoms. The molecule has 0 bridgehead atoms. The summed E-state index contributed by atoms with van der Waals surface area (Å²) >= 11 is 6.22. The Morgan fingerprint density at radius 1 is 0.897 bits per heavy atom. The Balaban J connectivity index is 1.23. The summed E-state index contributed by atoms with van der Waals surface area (Å²) in [7, 11) is 0. The Morgan fingerprint density at radius 2 is 1.64 bits per heavy atom. The molecule has 2 amide bonds. The van der Waals surface area contributed by atoms with Crippen LogP contribution in [0.25, 0.3) is 17.4 Å². The molecule has 1 aliphatic heterocycles. The van der Waals surface area contributed by atoms with Crippen molar-refractivity contribution in [2.45, 2.75) is 0 Å². The monoisotopic (exact) mass is 547 g/mol. The van der Waals surface area contributed by atoms with Gasteiger partial charge in [-0.3, -0.25) is 9.59 Å². The molecule has 4 aromatic rings. The zero-order valence-electron chi connectivity index (χ0n) is 20.7. The first-order valence-electron chi connectivity index (χ1n) is 12.3. The van der Waals surface area contributed by atoms with E-state index in [1.165, 1.54) is 30.3 Å². The van der Waals surface area contributed by atoms with Gasteiger partial charge in [-0.25, -0.2) is 8.78 Å². The van der Waals surface area contributed by atoms with Gasteiger partial charge in [0.1, 0.15) is 23.2 Å². The fourth-order valence-electron chi connectivity index (χ4n) is 4.38. The maximum atomic E-state index is 14.1. The quantitative estimate of drug-likeness (QED) is 0.280. The topological polar surface area (TPSA) is 65.8 Å². The van der Waals surface area contributed by atoms with Crippen LogP contribution in [-0.2, 0) is 4.79 Å². The van der Waals surface area contributed by atoms with Gasteiger partial charge in [0.15, 0.2) is 0 Å². The Morgan fingerprint density at radius 3 is 2.38 bits per heavy atom. The molecule has 9 heteroatoms. The number of benzene rings is 3. The highest BCUT2D eigenvalue weighted by molar-refractivity contribution is 6.31. The van der Waals surface area contributed by atoms with Gasteiger partial charge in [0.2, 0.25) is 5.91 Å². The molecule has 0 saturated carbocycles. The Labute approximate surface area is 229 Å². The summed E-state index contributed by atoms with van der Waals surface area (Å²) in [5.74, 6) is -0.580. The lowest BCUT2D eigenvalue weighted by Gasteiger charge is -2.37. The summed E-state index contributed by atoms with van der Waals surface area (Å²) in [5.41, 5.74) is 2.06. The lowest BCUT2D eigenvalue weighted by molar-refractivity contribution is -0.111. The van der Waals surface area contributed by atoms with Gasteiger partial charge >= 0.3 is 0 Å². The molecule has 0 unspecified atom stereocenters. The van der Waals surface area contributed by atoms with E-state index in [-0.39, 0.29) is 23.2 Å². The second-order valence-corrected chi connectivity index (χ2v) is 9.39. The lowest BCUT2D eigenvalue weighted by Crippen LogP contribution is -2.49. The number of rotatable bonds is 6. The van der Waals surface area contributed by atoms with Crippen LogP contribution in [0.2, 0.25) is 5.02 Å². The smallest absolute Gasteiger partial charge is 0.256 e. The molecule has 1 saturated heterocycles. The van der Waals surface area contributed by atoms with Crippen LogP contribution in [0.15, 0.2) is 89.4 Å². The maximum Gasteiger partial charge on any atom is 0.256 e. The second kappa shape index (κ2) is 11.5. The molecule has 5 rings (SSSR count). The summed E-state index contributed by atoms with van der Waals surface area (Å²) < 4.78 is 33.0. The van der Waals surface area contributed by atoms with Crippen molar-refractivity contribution in [1.82, 2.24) is 4.90 Å². The third kappa shape index (κ3) is 6.18. The molecule has 1 N–H and O–H groups in total. The zero-order valence-corrected chi connectivity index (χ0v) is 21.5. The van der Waals surface area contributed by atoms with Crippen LogP contribution in [0, 0.1) is 11.6 Å². The van der Waals surface area contributed by atoms with E-state index in [0.717, 1.165) is 11.3 Å². The third-order valence-electron chi connectivity index (χ3n) is 6.38. The van der Waals surface area contributed by atoms with Crippen molar-refractivity contribution in [3.63, 3.8) is 0 Å². The molecule has 0 aliphatic carbocycles. The number of halogens is 3. The average Bonchev–Trinajstić information content (AvgIpc) is 3.42. The fraction of sp³-hybridized carbons (Fsp3) is 0.133. The van der Waals surface area contributed by atoms with Gasteiger partial charge in [-0.15, -0.1) is 0 Å². The second-order valence-electron chi connectivity index (χ2n) is 8.95. The number of hydrogen-bond acceptors (Lipinski definition) is 4. The first-order valence-corrected chi connectivity index (χ1v) is 12.7. The standard InChI is InChI=1S/C30H24ClF2N3O3/c31-21-7-12-27(35-15-17-36(18-16-35)30(38)24-3-1-2-4-25(24)33)26(19-21)34-29(37)14-11-23-10-13-28(39-23)20-5-8-22(32)9-6-20/h1-14,19H,15-18H2,(H,34,37)/b14-11+. The minimum atomic E-state index is -0.540. The van der Waals surface area contributed by atoms with Crippen LogP contribution in [0.1, 0.15) is 16.1 Å². The molecule has 0 radical (unpaired) electrons. The SMILES string of the molecule is O=C(/C=C/c1ccc(-c2ccc(F)cc2)o1)Nc1cc(Cl)ccc1N1CCN(C(=O)c2ccccc2F)CC1. The minimum Gasteiger partial charge on any atom is -0.457 e. The van der Waals surface area contributed by atoms with Crippen molar-refractivity contribution in [3.05, 3.63) is 113 Å². The molecule has 3 aromatic carbocycles. The van der Waals surface area contributed by atoms with E-state index in [1.54, 1.807) is 59.5 Å². The van der Waals surface area contributed by atoms with Gasteiger partial charge in [-0.05, 0) is 72.8 Å². The highest BCUT2D eigenvalue weighted by Gasteiger charge is 2.25.